The van der Waals surface area contributed by atoms with E-state index in [4.69, 9.17) is 13.8 Å². The van der Waals surface area contributed by atoms with Crippen LogP contribution in [0.15, 0.2) is 0 Å². The SMILES string of the molecule is CCCCCCCCCCCCCCCCCCCCCCCCC(=O)NCCOP(=O)(O)OCC(O)COC(=O)CCCCCC. The number of esters is 1. The number of ether oxygens (including phenoxy) is 1. The summed E-state index contributed by atoms with van der Waals surface area (Å²) in [5.74, 6) is -0.526. The minimum absolute atomic E-state index is 0.0875. The molecular weight excluding hydrogens is 617 g/mol. The highest BCUT2D eigenvalue weighted by atomic mass is 31.2. The number of phosphoric acid groups is 1. The lowest BCUT2D eigenvalue weighted by Gasteiger charge is -2.15. The van der Waals surface area contributed by atoms with Gasteiger partial charge < -0.3 is 20.1 Å². The van der Waals surface area contributed by atoms with Gasteiger partial charge in [0.15, 0.2) is 0 Å². The van der Waals surface area contributed by atoms with Crippen molar-refractivity contribution in [3.05, 3.63) is 0 Å². The number of unbranched alkanes of at least 4 members (excludes halogenated alkanes) is 24. The zero-order valence-corrected chi connectivity index (χ0v) is 31.4. The van der Waals surface area contributed by atoms with Crippen LogP contribution in [0.1, 0.15) is 194 Å². The summed E-state index contributed by atoms with van der Waals surface area (Å²) >= 11 is 0. The number of carbonyl (C=O) groups excluding carboxylic acids is 2. The number of rotatable bonds is 37. The molecule has 0 saturated heterocycles. The molecule has 2 atom stereocenters. The number of amides is 1. The van der Waals surface area contributed by atoms with Gasteiger partial charge in [0.2, 0.25) is 5.91 Å². The molecule has 47 heavy (non-hydrogen) atoms. The molecule has 0 aliphatic carbocycles. The molecule has 0 aliphatic rings. The van der Waals surface area contributed by atoms with Gasteiger partial charge in [0.1, 0.15) is 12.7 Å². The van der Waals surface area contributed by atoms with Crippen LogP contribution in [0.2, 0.25) is 0 Å². The molecule has 0 aromatic heterocycles. The summed E-state index contributed by atoms with van der Waals surface area (Å²) in [6.07, 6.45) is 32.5. The molecule has 9 nitrogen and oxygen atoms in total. The lowest BCUT2D eigenvalue weighted by atomic mass is 10.0. The van der Waals surface area contributed by atoms with Crippen LogP contribution in [0.25, 0.3) is 0 Å². The Hall–Kier alpha value is -0.990. The molecule has 0 radical (unpaired) electrons. The predicted molar refractivity (Wildman–Crippen MR) is 192 cm³/mol. The molecule has 0 bridgehead atoms. The molecule has 0 aromatic carbocycles. The van der Waals surface area contributed by atoms with Crippen LogP contribution < -0.4 is 5.32 Å². The van der Waals surface area contributed by atoms with Crippen LogP contribution in [-0.4, -0.2) is 54.3 Å². The smallest absolute Gasteiger partial charge is 0.463 e. The fourth-order valence-electron chi connectivity index (χ4n) is 5.56. The minimum atomic E-state index is -4.39. The summed E-state index contributed by atoms with van der Waals surface area (Å²) < 4.78 is 26.5. The topological polar surface area (TPSA) is 131 Å². The van der Waals surface area contributed by atoms with Gasteiger partial charge in [-0.2, -0.15) is 0 Å². The van der Waals surface area contributed by atoms with Crippen LogP contribution in [0, 0.1) is 0 Å². The lowest BCUT2D eigenvalue weighted by Crippen LogP contribution is -2.27. The van der Waals surface area contributed by atoms with E-state index in [9.17, 15) is 24.2 Å². The summed E-state index contributed by atoms with van der Waals surface area (Å²) in [7, 11) is -4.39. The van der Waals surface area contributed by atoms with Crippen LogP contribution in [0.3, 0.4) is 0 Å². The van der Waals surface area contributed by atoms with Gasteiger partial charge in [-0.3, -0.25) is 18.6 Å². The van der Waals surface area contributed by atoms with Crippen molar-refractivity contribution in [2.45, 2.75) is 200 Å². The molecule has 0 aromatic rings. The first-order valence-corrected chi connectivity index (χ1v) is 21.0. The van der Waals surface area contributed by atoms with Crippen molar-refractivity contribution >= 4 is 19.7 Å². The highest BCUT2D eigenvalue weighted by Gasteiger charge is 2.23. The number of hydrogen-bond donors (Lipinski definition) is 3. The molecule has 0 spiro atoms. The van der Waals surface area contributed by atoms with Crippen LogP contribution in [-0.2, 0) is 27.9 Å². The maximum atomic E-state index is 12.0. The van der Waals surface area contributed by atoms with Crippen molar-refractivity contribution in [3.63, 3.8) is 0 Å². The third-order valence-electron chi connectivity index (χ3n) is 8.54. The molecule has 0 heterocycles. The fraction of sp³-hybridized carbons (Fsp3) is 0.946. The minimum Gasteiger partial charge on any atom is -0.463 e. The molecule has 2 unspecified atom stereocenters. The van der Waals surface area contributed by atoms with Crippen molar-refractivity contribution in [2.75, 3.05) is 26.4 Å². The second-order valence-corrected chi connectivity index (χ2v) is 14.7. The Morgan fingerprint density at radius 3 is 1.40 bits per heavy atom. The van der Waals surface area contributed by atoms with Crippen LogP contribution in [0.4, 0.5) is 0 Å². The molecule has 0 saturated carbocycles. The van der Waals surface area contributed by atoms with E-state index in [1.165, 1.54) is 122 Å². The summed E-state index contributed by atoms with van der Waals surface area (Å²) in [4.78, 5) is 33.4. The number of aliphatic hydroxyl groups is 1. The van der Waals surface area contributed by atoms with E-state index < -0.39 is 26.5 Å². The first-order valence-electron chi connectivity index (χ1n) is 19.5. The summed E-state index contributed by atoms with van der Waals surface area (Å²) in [5.41, 5.74) is 0. The lowest BCUT2D eigenvalue weighted by molar-refractivity contribution is -0.147. The molecule has 3 N–H and O–H groups in total. The average molecular weight is 692 g/mol. The van der Waals surface area contributed by atoms with Crippen molar-refractivity contribution in [2.24, 2.45) is 0 Å². The number of phosphoric ester groups is 1. The number of nitrogens with one attached hydrogen (secondary N) is 1. The van der Waals surface area contributed by atoms with E-state index in [0.717, 1.165) is 44.9 Å². The Balaban J connectivity index is 3.45. The van der Waals surface area contributed by atoms with Crippen molar-refractivity contribution in [3.8, 4) is 0 Å². The summed E-state index contributed by atoms with van der Waals surface area (Å²) in [6.45, 7) is 3.43. The third kappa shape index (κ3) is 36.1. The predicted octanol–water partition coefficient (Wildman–Crippen LogP) is 10.1. The van der Waals surface area contributed by atoms with Crippen LogP contribution in [0.5, 0.6) is 0 Å². The van der Waals surface area contributed by atoms with Crippen molar-refractivity contribution in [1.29, 1.82) is 0 Å². The van der Waals surface area contributed by atoms with Gasteiger partial charge in [0.25, 0.3) is 0 Å². The summed E-state index contributed by atoms with van der Waals surface area (Å²) in [6, 6.07) is 0. The maximum absolute atomic E-state index is 12.0. The van der Waals surface area contributed by atoms with Gasteiger partial charge in [0.05, 0.1) is 13.2 Å². The zero-order chi connectivity index (χ0) is 34.7. The molecule has 1 amide bonds. The van der Waals surface area contributed by atoms with Gasteiger partial charge >= 0.3 is 13.8 Å². The maximum Gasteiger partial charge on any atom is 0.472 e. The quantitative estimate of drug-likeness (QED) is 0.0333. The van der Waals surface area contributed by atoms with E-state index in [-0.39, 0.29) is 32.1 Å². The number of carbonyl (C=O) groups is 2. The monoisotopic (exact) mass is 692 g/mol. The van der Waals surface area contributed by atoms with Gasteiger partial charge in [-0.1, -0.05) is 168 Å². The van der Waals surface area contributed by atoms with Gasteiger partial charge in [-0.25, -0.2) is 4.57 Å². The second-order valence-electron chi connectivity index (χ2n) is 13.3. The molecule has 0 rings (SSSR count). The largest absolute Gasteiger partial charge is 0.472 e. The normalized spacial score (nSPS) is 13.4. The first kappa shape index (κ1) is 46.0. The Kier molecular flexibility index (Phi) is 34.1. The average Bonchev–Trinajstić information content (AvgIpc) is 3.05. The molecular formula is C37H74NO8P. The summed E-state index contributed by atoms with van der Waals surface area (Å²) in [5, 5.41) is 12.5. The van der Waals surface area contributed by atoms with E-state index in [1.54, 1.807) is 0 Å². The highest BCUT2D eigenvalue weighted by molar-refractivity contribution is 7.47. The van der Waals surface area contributed by atoms with E-state index >= 15 is 0 Å². The Morgan fingerprint density at radius 1 is 0.574 bits per heavy atom. The number of hydrogen-bond acceptors (Lipinski definition) is 7. The van der Waals surface area contributed by atoms with E-state index in [0.29, 0.717) is 6.42 Å². The number of aliphatic hydroxyl groups excluding tert-OH is 1. The molecule has 10 heteroatoms. The zero-order valence-electron chi connectivity index (χ0n) is 30.5. The second kappa shape index (κ2) is 34.9. The molecule has 0 aliphatic heterocycles. The van der Waals surface area contributed by atoms with Gasteiger partial charge in [0, 0.05) is 19.4 Å². The Labute approximate surface area is 288 Å². The molecule has 0 fully saturated rings. The van der Waals surface area contributed by atoms with E-state index in [1.807, 2.05) is 0 Å². The standard InChI is InChI=1S/C37H74NO8P/c1-3-5-7-9-10-11-12-13-14-15-16-17-18-19-20-21-22-23-24-25-26-27-29-36(40)38-31-32-45-47(42,43)46-34-35(39)33-44-37(41)30-28-8-6-4-2/h35,39H,3-34H2,1-2H3,(H,38,40)(H,42,43). The van der Waals surface area contributed by atoms with E-state index in [2.05, 4.69) is 19.2 Å². The fourth-order valence-corrected chi connectivity index (χ4v) is 6.31. The Morgan fingerprint density at radius 2 is 0.957 bits per heavy atom. The Bertz CT molecular complexity index is 754. The first-order chi connectivity index (χ1) is 22.8. The third-order valence-corrected chi connectivity index (χ3v) is 9.52. The van der Waals surface area contributed by atoms with Crippen molar-refractivity contribution < 1.29 is 37.9 Å². The highest BCUT2D eigenvalue weighted by Crippen LogP contribution is 2.42. The van der Waals surface area contributed by atoms with Gasteiger partial charge in [-0.15, -0.1) is 0 Å². The van der Waals surface area contributed by atoms with Crippen molar-refractivity contribution in [1.82, 2.24) is 5.32 Å². The molecule has 280 valence electrons. The van der Waals surface area contributed by atoms with Gasteiger partial charge in [-0.05, 0) is 12.8 Å². The van der Waals surface area contributed by atoms with Crippen LogP contribution >= 0.6 is 7.82 Å².